The maximum Gasteiger partial charge on any atom is 0.337 e. The Morgan fingerprint density at radius 2 is 1.96 bits per heavy atom. The fraction of sp³-hybridized carbons (Fsp3) is 0.278. The largest absolute Gasteiger partial charge is 0.460 e. The highest BCUT2D eigenvalue weighted by Gasteiger charge is 2.12. The van der Waals surface area contributed by atoms with Crippen LogP contribution in [0.5, 0.6) is 6.01 Å². The molecule has 6 heteroatoms. The number of aromatic amines is 1. The Hall–Kier alpha value is -2.89. The zero-order valence-corrected chi connectivity index (χ0v) is 13.8. The Labute approximate surface area is 138 Å². The van der Waals surface area contributed by atoms with Gasteiger partial charge in [0.25, 0.3) is 11.6 Å². The summed E-state index contributed by atoms with van der Waals surface area (Å²) < 4.78 is 10.6. The Morgan fingerprint density at radius 1 is 1.17 bits per heavy atom. The van der Waals surface area contributed by atoms with E-state index in [1.54, 1.807) is 0 Å². The van der Waals surface area contributed by atoms with Crippen molar-refractivity contribution < 1.29 is 9.15 Å². The molecule has 0 radical (unpaired) electrons. The molecule has 0 saturated heterocycles. The van der Waals surface area contributed by atoms with E-state index in [2.05, 4.69) is 16.0 Å². The SMILES string of the molecule is CCc1cc(=O)oc2nc(OCc3ccc(C)cc3C)[nH]c(=O)c12. The average Bonchev–Trinajstić information content (AvgIpc) is 2.52. The van der Waals surface area contributed by atoms with Gasteiger partial charge in [0.1, 0.15) is 12.0 Å². The molecule has 0 aliphatic rings. The molecular weight excluding hydrogens is 308 g/mol. The predicted octanol–water partition coefficient (Wildman–Crippen LogP) is 2.63. The molecule has 0 saturated carbocycles. The molecule has 0 unspecified atom stereocenters. The molecule has 0 bridgehead atoms. The summed E-state index contributed by atoms with van der Waals surface area (Å²) in [6, 6.07) is 7.37. The van der Waals surface area contributed by atoms with Crippen molar-refractivity contribution in [1.29, 1.82) is 0 Å². The van der Waals surface area contributed by atoms with Crippen molar-refractivity contribution in [2.24, 2.45) is 0 Å². The van der Waals surface area contributed by atoms with E-state index in [1.165, 1.54) is 11.6 Å². The Kier molecular flexibility index (Phi) is 4.20. The maximum atomic E-state index is 12.3. The second-order valence-corrected chi connectivity index (χ2v) is 5.71. The molecule has 1 N–H and O–H groups in total. The quantitative estimate of drug-likeness (QED) is 0.796. The lowest BCUT2D eigenvalue weighted by Crippen LogP contribution is -2.15. The van der Waals surface area contributed by atoms with Crippen LogP contribution in [-0.4, -0.2) is 9.97 Å². The van der Waals surface area contributed by atoms with Crippen molar-refractivity contribution in [2.45, 2.75) is 33.8 Å². The third-order valence-electron chi connectivity index (χ3n) is 3.92. The smallest absolute Gasteiger partial charge is 0.337 e. The van der Waals surface area contributed by atoms with Crippen LogP contribution in [0.2, 0.25) is 0 Å². The molecular formula is C18H18N2O4. The lowest BCUT2D eigenvalue weighted by molar-refractivity contribution is 0.279. The van der Waals surface area contributed by atoms with Crippen LogP contribution in [0.25, 0.3) is 11.1 Å². The van der Waals surface area contributed by atoms with E-state index in [0.29, 0.717) is 12.0 Å². The summed E-state index contributed by atoms with van der Waals surface area (Å²) in [7, 11) is 0. The number of fused-ring (bicyclic) bond motifs is 1. The molecule has 3 aromatic rings. The summed E-state index contributed by atoms with van der Waals surface area (Å²) in [6.07, 6.45) is 0.537. The number of benzene rings is 1. The highest BCUT2D eigenvalue weighted by molar-refractivity contribution is 5.75. The molecule has 0 aliphatic heterocycles. The summed E-state index contributed by atoms with van der Waals surface area (Å²) in [5, 5.41) is 0.288. The monoisotopic (exact) mass is 326 g/mol. The molecule has 6 nitrogen and oxygen atoms in total. The van der Waals surface area contributed by atoms with Crippen LogP contribution in [0.3, 0.4) is 0 Å². The van der Waals surface area contributed by atoms with E-state index in [1.807, 2.05) is 32.9 Å². The van der Waals surface area contributed by atoms with Gasteiger partial charge in [0.05, 0.1) is 0 Å². The molecule has 2 aromatic heterocycles. The summed E-state index contributed by atoms with van der Waals surface area (Å²) in [5.41, 5.74) is 2.95. The maximum absolute atomic E-state index is 12.3. The lowest BCUT2D eigenvalue weighted by Gasteiger charge is -2.09. The Balaban J connectivity index is 1.96. The van der Waals surface area contributed by atoms with Crippen molar-refractivity contribution in [1.82, 2.24) is 9.97 Å². The number of hydrogen-bond donors (Lipinski definition) is 1. The summed E-state index contributed by atoms with van der Waals surface area (Å²) in [4.78, 5) is 30.6. The van der Waals surface area contributed by atoms with E-state index in [-0.39, 0.29) is 29.3 Å². The number of ether oxygens (including phenoxy) is 1. The Morgan fingerprint density at radius 3 is 2.67 bits per heavy atom. The predicted molar refractivity (Wildman–Crippen MR) is 90.5 cm³/mol. The number of rotatable bonds is 4. The first-order valence-corrected chi connectivity index (χ1v) is 7.74. The van der Waals surface area contributed by atoms with Gasteiger partial charge in [-0.2, -0.15) is 4.98 Å². The van der Waals surface area contributed by atoms with Crippen LogP contribution in [0.1, 0.15) is 29.2 Å². The molecule has 0 amide bonds. The molecule has 0 atom stereocenters. The molecule has 0 fully saturated rings. The van der Waals surface area contributed by atoms with Crippen molar-refractivity contribution >= 4 is 11.1 Å². The van der Waals surface area contributed by atoms with E-state index >= 15 is 0 Å². The third kappa shape index (κ3) is 3.08. The molecule has 2 heterocycles. The minimum Gasteiger partial charge on any atom is -0.460 e. The summed E-state index contributed by atoms with van der Waals surface area (Å²) >= 11 is 0. The normalized spacial score (nSPS) is 11.0. The number of hydrogen-bond acceptors (Lipinski definition) is 5. The highest BCUT2D eigenvalue weighted by atomic mass is 16.5. The van der Waals surface area contributed by atoms with Crippen LogP contribution in [0.15, 0.2) is 38.3 Å². The third-order valence-corrected chi connectivity index (χ3v) is 3.92. The molecule has 3 rings (SSSR count). The molecule has 0 spiro atoms. The van der Waals surface area contributed by atoms with Gasteiger partial charge in [-0.05, 0) is 37.0 Å². The summed E-state index contributed by atoms with van der Waals surface area (Å²) in [6.45, 7) is 6.14. The van der Waals surface area contributed by atoms with Gasteiger partial charge in [-0.25, -0.2) is 4.79 Å². The van der Waals surface area contributed by atoms with Gasteiger partial charge in [-0.3, -0.25) is 9.78 Å². The van der Waals surface area contributed by atoms with Crippen molar-refractivity contribution in [2.75, 3.05) is 0 Å². The van der Waals surface area contributed by atoms with Crippen molar-refractivity contribution in [3.05, 3.63) is 67.3 Å². The van der Waals surface area contributed by atoms with Crippen molar-refractivity contribution in [3.63, 3.8) is 0 Å². The Bertz CT molecular complexity index is 1020. The van der Waals surface area contributed by atoms with Crippen LogP contribution in [0.4, 0.5) is 0 Å². The first kappa shape index (κ1) is 16.0. The average molecular weight is 326 g/mol. The van der Waals surface area contributed by atoms with Crippen LogP contribution >= 0.6 is 0 Å². The van der Waals surface area contributed by atoms with Gasteiger partial charge in [-0.1, -0.05) is 30.7 Å². The minimum absolute atomic E-state index is 0.00118. The topological polar surface area (TPSA) is 85.2 Å². The van der Waals surface area contributed by atoms with E-state index in [9.17, 15) is 9.59 Å². The minimum atomic E-state index is -0.530. The summed E-state index contributed by atoms with van der Waals surface area (Å²) in [5.74, 6) is 0. The van der Waals surface area contributed by atoms with Crippen LogP contribution in [-0.2, 0) is 13.0 Å². The van der Waals surface area contributed by atoms with Crippen LogP contribution in [0, 0.1) is 13.8 Å². The second-order valence-electron chi connectivity index (χ2n) is 5.71. The van der Waals surface area contributed by atoms with E-state index in [4.69, 9.17) is 9.15 Å². The highest BCUT2D eigenvalue weighted by Crippen LogP contribution is 2.16. The zero-order chi connectivity index (χ0) is 17.3. The van der Waals surface area contributed by atoms with Crippen molar-refractivity contribution in [3.8, 4) is 6.01 Å². The fourth-order valence-corrected chi connectivity index (χ4v) is 2.63. The number of H-pyrrole nitrogens is 1. The van der Waals surface area contributed by atoms with Gasteiger partial charge < -0.3 is 9.15 Å². The molecule has 0 aliphatic carbocycles. The molecule has 124 valence electrons. The van der Waals surface area contributed by atoms with Gasteiger partial charge in [0.2, 0.25) is 5.71 Å². The molecule has 1 aromatic carbocycles. The van der Waals surface area contributed by atoms with E-state index in [0.717, 1.165) is 11.1 Å². The van der Waals surface area contributed by atoms with Gasteiger partial charge >= 0.3 is 5.63 Å². The number of aromatic nitrogens is 2. The zero-order valence-electron chi connectivity index (χ0n) is 13.8. The van der Waals surface area contributed by atoms with E-state index < -0.39 is 5.63 Å². The fourth-order valence-electron chi connectivity index (χ4n) is 2.63. The second kappa shape index (κ2) is 6.31. The van der Waals surface area contributed by atoms with Gasteiger partial charge in [-0.15, -0.1) is 0 Å². The number of aryl methyl sites for hydroxylation is 3. The van der Waals surface area contributed by atoms with Gasteiger partial charge in [0.15, 0.2) is 0 Å². The first-order chi connectivity index (χ1) is 11.5. The standard InChI is InChI=1S/C18H18N2O4/c1-4-12-8-14(21)24-17-15(12)16(22)19-18(20-17)23-9-13-6-5-10(2)7-11(13)3/h5-8H,4,9H2,1-3H3,(H,19,20,22). The molecule has 24 heavy (non-hydrogen) atoms. The number of nitrogens with one attached hydrogen (secondary N) is 1. The van der Waals surface area contributed by atoms with Gasteiger partial charge in [0, 0.05) is 6.07 Å². The first-order valence-electron chi connectivity index (χ1n) is 7.74. The number of nitrogens with zero attached hydrogens (tertiary/aromatic N) is 1. The lowest BCUT2D eigenvalue weighted by atomic mass is 10.1. The van der Waals surface area contributed by atoms with Crippen LogP contribution < -0.4 is 15.9 Å².